The molecule has 0 aliphatic heterocycles. The van der Waals surface area contributed by atoms with Crippen LogP contribution in [0.25, 0.3) is 0 Å². The van der Waals surface area contributed by atoms with Crippen LogP contribution in [0.3, 0.4) is 0 Å². The first-order valence-electron chi connectivity index (χ1n) is 7.91. The highest BCUT2D eigenvalue weighted by atomic mass is 19.1. The second-order valence-corrected chi connectivity index (χ2v) is 5.49. The van der Waals surface area contributed by atoms with Gasteiger partial charge < -0.3 is 10.2 Å². The standard InChI is InChI=1S/C19H21FN2O2/c1-3-22(14(2)16-9-11-17(20)12-10-16)19(24)18(23)21-13-15-7-5-4-6-8-15/h4-12,14H,3,13H2,1-2H3,(H,21,23)/t14-/m0/s1. The zero-order valence-corrected chi connectivity index (χ0v) is 13.8. The summed E-state index contributed by atoms with van der Waals surface area (Å²) in [5.41, 5.74) is 1.70. The summed E-state index contributed by atoms with van der Waals surface area (Å²) in [6, 6.07) is 15.0. The van der Waals surface area contributed by atoms with Crippen molar-refractivity contribution in [2.24, 2.45) is 0 Å². The molecule has 0 saturated heterocycles. The third kappa shape index (κ3) is 4.41. The molecule has 0 aromatic heterocycles. The lowest BCUT2D eigenvalue weighted by atomic mass is 10.1. The van der Waals surface area contributed by atoms with Crippen molar-refractivity contribution in [1.82, 2.24) is 10.2 Å². The van der Waals surface area contributed by atoms with Gasteiger partial charge in [-0.15, -0.1) is 0 Å². The average molecular weight is 328 g/mol. The molecule has 0 saturated carbocycles. The Morgan fingerprint density at radius 3 is 2.29 bits per heavy atom. The van der Waals surface area contributed by atoms with E-state index in [1.165, 1.54) is 17.0 Å². The van der Waals surface area contributed by atoms with E-state index in [4.69, 9.17) is 0 Å². The number of carbonyl (C=O) groups is 2. The zero-order valence-electron chi connectivity index (χ0n) is 13.8. The number of halogens is 1. The zero-order chi connectivity index (χ0) is 17.5. The van der Waals surface area contributed by atoms with Crippen LogP contribution in [0.5, 0.6) is 0 Å². The van der Waals surface area contributed by atoms with Gasteiger partial charge in [-0.3, -0.25) is 9.59 Å². The molecule has 4 nitrogen and oxygen atoms in total. The van der Waals surface area contributed by atoms with Crippen LogP contribution in [-0.2, 0) is 16.1 Å². The number of nitrogens with one attached hydrogen (secondary N) is 1. The molecule has 126 valence electrons. The lowest BCUT2D eigenvalue weighted by Gasteiger charge is -2.27. The minimum Gasteiger partial charge on any atom is -0.344 e. The van der Waals surface area contributed by atoms with Gasteiger partial charge in [-0.05, 0) is 37.1 Å². The van der Waals surface area contributed by atoms with Crippen molar-refractivity contribution in [2.45, 2.75) is 26.4 Å². The number of likely N-dealkylation sites (N-methyl/N-ethyl adjacent to an activating group) is 1. The number of nitrogens with zero attached hydrogens (tertiary/aromatic N) is 1. The van der Waals surface area contributed by atoms with E-state index in [2.05, 4.69) is 5.32 Å². The smallest absolute Gasteiger partial charge is 0.312 e. The molecule has 1 N–H and O–H groups in total. The molecule has 1 atom stereocenters. The average Bonchev–Trinajstić information content (AvgIpc) is 2.61. The molecule has 0 heterocycles. The first-order chi connectivity index (χ1) is 11.5. The van der Waals surface area contributed by atoms with Gasteiger partial charge in [-0.2, -0.15) is 0 Å². The lowest BCUT2D eigenvalue weighted by molar-refractivity contribution is -0.147. The highest BCUT2D eigenvalue weighted by molar-refractivity contribution is 6.35. The van der Waals surface area contributed by atoms with Crippen LogP contribution in [-0.4, -0.2) is 23.3 Å². The van der Waals surface area contributed by atoms with Crippen LogP contribution < -0.4 is 5.32 Å². The molecule has 2 amide bonds. The quantitative estimate of drug-likeness (QED) is 0.858. The summed E-state index contributed by atoms with van der Waals surface area (Å²) < 4.78 is 13.0. The SMILES string of the molecule is CCN(C(=O)C(=O)NCc1ccccc1)[C@@H](C)c1ccc(F)cc1. The topological polar surface area (TPSA) is 49.4 Å². The van der Waals surface area contributed by atoms with E-state index in [0.29, 0.717) is 13.1 Å². The molecule has 0 aliphatic rings. The summed E-state index contributed by atoms with van der Waals surface area (Å²) in [6.07, 6.45) is 0. The largest absolute Gasteiger partial charge is 0.344 e. The van der Waals surface area contributed by atoms with E-state index in [-0.39, 0.29) is 11.9 Å². The Hall–Kier alpha value is -2.69. The highest BCUT2D eigenvalue weighted by Gasteiger charge is 2.25. The predicted molar refractivity (Wildman–Crippen MR) is 90.5 cm³/mol. The number of amides is 2. The van der Waals surface area contributed by atoms with Crippen molar-refractivity contribution in [3.63, 3.8) is 0 Å². The molecule has 24 heavy (non-hydrogen) atoms. The van der Waals surface area contributed by atoms with Gasteiger partial charge >= 0.3 is 11.8 Å². The minimum absolute atomic E-state index is 0.300. The number of carbonyl (C=O) groups excluding carboxylic acids is 2. The molecule has 0 bridgehead atoms. The van der Waals surface area contributed by atoms with E-state index in [1.54, 1.807) is 12.1 Å². The van der Waals surface area contributed by atoms with E-state index in [0.717, 1.165) is 11.1 Å². The number of rotatable bonds is 5. The van der Waals surface area contributed by atoms with Crippen LogP contribution >= 0.6 is 0 Å². The molecular weight excluding hydrogens is 307 g/mol. The maximum atomic E-state index is 13.0. The molecule has 2 rings (SSSR count). The van der Waals surface area contributed by atoms with Gasteiger partial charge in [-0.25, -0.2) is 4.39 Å². The Kier molecular flexibility index (Phi) is 6.07. The summed E-state index contributed by atoms with van der Waals surface area (Å²) >= 11 is 0. The fourth-order valence-electron chi connectivity index (χ4n) is 2.50. The Labute approximate surface area is 141 Å². The van der Waals surface area contributed by atoms with Crippen molar-refractivity contribution < 1.29 is 14.0 Å². The normalized spacial score (nSPS) is 11.6. The van der Waals surface area contributed by atoms with E-state index in [1.807, 2.05) is 44.2 Å². The van der Waals surface area contributed by atoms with Gasteiger partial charge in [0.25, 0.3) is 0 Å². The third-order valence-electron chi connectivity index (χ3n) is 3.91. The maximum Gasteiger partial charge on any atom is 0.312 e. The molecular formula is C19H21FN2O2. The Balaban J connectivity index is 2.01. The Morgan fingerprint density at radius 1 is 1.08 bits per heavy atom. The minimum atomic E-state index is -0.644. The summed E-state index contributed by atoms with van der Waals surface area (Å²) in [4.78, 5) is 26.0. The maximum absolute atomic E-state index is 13.0. The number of hydrogen-bond acceptors (Lipinski definition) is 2. The second-order valence-electron chi connectivity index (χ2n) is 5.49. The van der Waals surface area contributed by atoms with Crippen LogP contribution in [0, 0.1) is 5.82 Å². The molecule has 5 heteroatoms. The van der Waals surface area contributed by atoms with E-state index >= 15 is 0 Å². The first kappa shape index (κ1) is 17.7. The fourth-order valence-corrected chi connectivity index (χ4v) is 2.50. The fraction of sp³-hybridized carbons (Fsp3) is 0.263. The van der Waals surface area contributed by atoms with Crippen molar-refractivity contribution in [2.75, 3.05) is 6.54 Å². The van der Waals surface area contributed by atoms with Gasteiger partial charge in [0.15, 0.2) is 0 Å². The lowest BCUT2D eigenvalue weighted by Crippen LogP contribution is -2.43. The van der Waals surface area contributed by atoms with Gasteiger partial charge in [0, 0.05) is 13.1 Å². The predicted octanol–water partition coefficient (Wildman–Crippen LogP) is 3.05. The first-order valence-corrected chi connectivity index (χ1v) is 7.91. The summed E-state index contributed by atoms with van der Waals surface area (Å²) in [7, 11) is 0. The molecule has 0 spiro atoms. The molecule has 0 aliphatic carbocycles. The molecule has 0 unspecified atom stereocenters. The van der Waals surface area contributed by atoms with Crippen molar-refractivity contribution in [3.8, 4) is 0 Å². The van der Waals surface area contributed by atoms with Crippen LogP contribution in [0.4, 0.5) is 4.39 Å². The van der Waals surface area contributed by atoms with Gasteiger partial charge in [-0.1, -0.05) is 42.5 Å². The third-order valence-corrected chi connectivity index (χ3v) is 3.91. The summed E-state index contributed by atoms with van der Waals surface area (Å²) in [5.74, 6) is -1.57. The Morgan fingerprint density at radius 2 is 1.71 bits per heavy atom. The molecule has 2 aromatic rings. The second kappa shape index (κ2) is 8.24. The number of hydrogen-bond donors (Lipinski definition) is 1. The van der Waals surface area contributed by atoms with Crippen molar-refractivity contribution >= 4 is 11.8 Å². The van der Waals surface area contributed by atoms with Crippen LogP contribution in [0.2, 0.25) is 0 Å². The molecule has 0 radical (unpaired) electrons. The molecule has 2 aromatic carbocycles. The molecule has 0 fully saturated rings. The monoisotopic (exact) mass is 328 g/mol. The van der Waals surface area contributed by atoms with Gasteiger partial charge in [0.2, 0.25) is 0 Å². The van der Waals surface area contributed by atoms with Gasteiger partial charge in [0.1, 0.15) is 5.82 Å². The van der Waals surface area contributed by atoms with Gasteiger partial charge in [0.05, 0.1) is 6.04 Å². The van der Waals surface area contributed by atoms with Crippen LogP contribution in [0.1, 0.15) is 31.0 Å². The van der Waals surface area contributed by atoms with E-state index in [9.17, 15) is 14.0 Å². The van der Waals surface area contributed by atoms with E-state index < -0.39 is 11.8 Å². The number of benzene rings is 2. The van der Waals surface area contributed by atoms with Crippen molar-refractivity contribution in [1.29, 1.82) is 0 Å². The highest BCUT2D eigenvalue weighted by Crippen LogP contribution is 2.20. The van der Waals surface area contributed by atoms with Crippen LogP contribution in [0.15, 0.2) is 54.6 Å². The summed E-state index contributed by atoms with van der Waals surface area (Å²) in [5, 5.41) is 2.64. The van der Waals surface area contributed by atoms with Crippen molar-refractivity contribution in [3.05, 3.63) is 71.5 Å². The summed E-state index contributed by atoms with van der Waals surface area (Å²) in [6.45, 7) is 4.31. The Bertz CT molecular complexity index is 686.